The fourth-order valence-corrected chi connectivity index (χ4v) is 5.40. The van der Waals surface area contributed by atoms with Crippen LogP contribution < -0.4 is 5.32 Å². The number of Topliss-reactive ketones (excluding diaryl/α,β-unsaturated/α-hetero) is 1. The molecule has 160 valence electrons. The SMILES string of the molecule is CC(=O)c1ccc(-c2nccc3[nH]c(-c4n[nH]c5ccc(C6CCNCC6)cc45)nc23)s1. The van der Waals surface area contributed by atoms with Gasteiger partial charge in [-0.2, -0.15) is 5.10 Å². The predicted molar refractivity (Wildman–Crippen MR) is 127 cm³/mol. The van der Waals surface area contributed by atoms with E-state index in [4.69, 9.17) is 4.98 Å². The van der Waals surface area contributed by atoms with Crippen LogP contribution in [0.1, 0.15) is 40.9 Å². The van der Waals surface area contributed by atoms with Gasteiger partial charge in [-0.25, -0.2) is 4.98 Å². The fraction of sp³-hybridized carbons (Fsp3) is 0.250. The van der Waals surface area contributed by atoms with Gasteiger partial charge in [0.05, 0.1) is 20.8 Å². The van der Waals surface area contributed by atoms with Crippen molar-refractivity contribution < 1.29 is 4.79 Å². The Balaban J connectivity index is 1.44. The topological polar surface area (TPSA) is 99.4 Å². The van der Waals surface area contributed by atoms with Crippen molar-refractivity contribution in [3.8, 4) is 22.1 Å². The van der Waals surface area contributed by atoms with E-state index in [1.807, 2.05) is 18.2 Å². The highest BCUT2D eigenvalue weighted by Crippen LogP contribution is 2.35. The number of piperidine rings is 1. The number of benzene rings is 1. The molecule has 0 radical (unpaired) electrons. The molecule has 0 amide bonds. The quantitative estimate of drug-likeness (QED) is 0.344. The number of imidazole rings is 1. The number of nitrogens with one attached hydrogen (secondary N) is 3. The lowest BCUT2D eigenvalue weighted by Gasteiger charge is -2.23. The van der Waals surface area contributed by atoms with Gasteiger partial charge in [0.25, 0.3) is 0 Å². The fourth-order valence-electron chi connectivity index (χ4n) is 4.50. The lowest BCUT2D eigenvalue weighted by molar-refractivity contribution is 0.102. The first kappa shape index (κ1) is 19.3. The van der Waals surface area contributed by atoms with Crippen molar-refractivity contribution in [2.45, 2.75) is 25.7 Å². The molecule has 1 aliphatic rings. The van der Waals surface area contributed by atoms with Gasteiger partial charge in [0, 0.05) is 11.6 Å². The van der Waals surface area contributed by atoms with Crippen molar-refractivity contribution in [3.63, 3.8) is 0 Å². The maximum atomic E-state index is 11.7. The molecule has 6 rings (SSSR count). The van der Waals surface area contributed by atoms with Crippen molar-refractivity contribution in [1.29, 1.82) is 0 Å². The zero-order chi connectivity index (χ0) is 21.7. The zero-order valence-corrected chi connectivity index (χ0v) is 18.4. The van der Waals surface area contributed by atoms with Crippen LogP contribution in [0.4, 0.5) is 0 Å². The first-order chi connectivity index (χ1) is 15.7. The first-order valence-electron chi connectivity index (χ1n) is 10.8. The van der Waals surface area contributed by atoms with Gasteiger partial charge >= 0.3 is 0 Å². The van der Waals surface area contributed by atoms with E-state index >= 15 is 0 Å². The van der Waals surface area contributed by atoms with E-state index in [9.17, 15) is 4.79 Å². The van der Waals surface area contributed by atoms with Crippen LogP contribution in [-0.4, -0.2) is 44.0 Å². The maximum Gasteiger partial charge on any atom is 0.169 e. The minimum absolute atomic E-state index is 0.0590. The molecule has 0 atom stereocenters. The molecular formula is C24H22N6OS. The van der Waals surface area contributed by atoms with Crippen LogP contribution >= 0.6 is 11.3 Å². The van der Waals surface area contributed by atoms with Gasteiger partial charge in [-0.3, -0.25) is 14.9 Å². The van der Waals surface area contributed by atoms with Crippen LogP contribution in [0.5, 0.6) is 0 Å². The minimum atomic E-state index is 0.0590. The molecule has 0 bridgehead atoms. The summed E-state index contributed by atoms with van der Waals surface area (Å²) >= 11 is 1.44. The Hall–Kier alpha value is -3.36. The molecule has 3 N–H and O–H groups in total. The van der Waals surface area contributed by atoms with E-state index in [0.717, 1.165) is 69.0 Å². The number of aromatic nitrogens is 5. The number of nitrogens with zero attached hydrogens (tertiary/aromatic N) is 3. The van der Waals surface area contributed by atoms with Gasteiger partial charge in [-0.05, 0) is 74.7 Å². The summed E-state index contributed by atoms with van der Waals surface area (Å²) in [6.45, 7) is 3.71. The van der Waals surface area contributed by atoms with Gasteiger partial charge in [-0.15, -0.1) is 11.3 Å². The third kappa shape index (κ3) is 3.23. The van der Waals surface area contributed by atoms with E-state index in [2.05, 4.69) is 43.7 Å². The molecule has 1 saturated heterocycles. The Kier molecular flexibility index (Phi) is 4.62. The molecule has 1 fully saturated rings. The van der Waals surface area contributed by atoms with Crippen LogP contribution in [-0.2, 0) is 0 Å². The van der Waals surface area contributed by atoms with E-state index in [-0.39, 0.29) is 5.78 Å². The summed E-state index contributed by atoms with van der Waals surface area (Å²) in [5.41, 5.74) is 5.63. The second-order valence-corrected chi connectivity index (χ2v) is 9.35. The van der Waals surface area contributed by atoms with Crippen LogP contribution in [0.3, 0.4) is 0 Å². The second kappa shape index (κ2) is 7.65. The summed E-state index contributed by atoms with van der Waals surface area (Å²) in [5, 5.41) is 12.2. The van der Waals surface area contributed by atoms with E-state index in [0.29, 0.717) is 11.7 Å². The minimum Gasteiger partial charge on any atom is -0.336 e. The highest BCUT2D eigenvalue weighted by Gasteiger charge is 2.20. The van der Waals surface area contributed by atoms with Gasteiger partial charge in [0.1, 0.15) is 16.9 Å². The zero-order valence-electron chi connectivity index (χ0n) is 17.6. The Morgan fingerprint density at radius 2 is 1.94 bits per heavy atom. The summed E-state index contributed by atoms with van der Waals surface area (Å²) in [7, 11) is 0. The van der Waals surface area contributed by atoms with Crippen molar-refractivity contribution >= 4 is 39.1 Å². The number of fused-ring (bicyclic) bond motifs is 2. The van der Waals surface area contributed by atoms with Crippen molar-refractivity contribution in [1.82, 2.24) is 30.5 Å². The number of ketones is 1. The standard InChI is InChI=1S/C24H22N6OS/c1-13(31)19-4-5-20(32-19)23-22-18(8-11-26-23)27-24(28-22)21-16-12-15(2-3-17(16)29-30-21)14-6-9-25-10-7-14/h2-5,8,11-12,14,25H,6-7,9-10H2,1H3,(H,27,28)(H,29,30). The average molecular weight is 443 g/mol. The normalized spacial score (nSPS) is 15.0. The number of hydrogen-bond acceptors (Lipinski definition) is 6. The first-order valence-corrected chi connectivity index (χ1v) is 11.6. The number of carbonyl (C=O) groups is 1. The molecular weight excluding hydrogens is 420 g/mol. The molecule has 8 heteroatoms. The van der Waals surface area contributed by atoms with Crippen LogP contribution in [0, 0.1) is 0 Å². The largest absolute Gasteiger partial charge is 0.336 e. The highest BCUT2D eigenvalue weighted by atomic mass is 32.1. The average Bonchev–Trinajstić information content (AvgIpc) is 3.56. The molecule has 0 spiro atoms. The van der Waals surface area contributed by atoms with Crippen LogP contribution in [0.25, 0.3) is 44.0 Å². The number of rotatable bonds is 4. The van der Waals surface area contributed by atoms with Gasteiger partial charge in [0.15, 0.2) is 11.6 Å². The molecule has 5 aromatic rings. The molecule has 1 aromatic carbocycles. The lowest BCUT2D eigenvalue weighted by atomic mass is 9.89. The molecule has 0 aliphatic carbocycles. The molecule has 0 unspecified atom stereocenters. The Morgan fingerprint density at radius 1 is 1.06 bits per heavy atom. The summed E-state index contributed by atoms with van der Waals surface area (Å²) in [4.78, 5) is 26.3. The number of carbonyl (C=O) groups excluding carboxylic acids is 1. The molecule has 4 aromatic heterocycles. The number of thiophene rings is 1. The maximum absolute atomic E-state index is 11.7. The van der Waals surface area contributed by atoms with Crippen molar-refractivity contribution in [2.24, 2.45) is 0 Å². The van der Waals surface area contributed by atoms with E-state index in [1.165, 1.54) is 16.9 Å². The van der Waals surface area contributed by atoms with Crippen molar-refractivity contribution in [3.05, 3.63) is 53.0 Å². The summed E-state index contributed by atoms with van der Waals surface area (Å²) in [6.07, 6.45) is 4.08. The van der Waals surface area contributed by atoms with Gasteiger partial charge in [-0.1, -0.05) is 6.07 Å². The predicted octanol–water partition coefficient (Wildman–Crippen LogP) is 4.90. The monoisotopic (exact) mass is 442 g/mol. The van der Waals surface area contributed by atoms with Gasteiger partial charge < -0.3 is 10.3 Å². The second-order valence-electron chi connectivity index (χ2n) is 8.26. The van der Waals surface area contributed by atoms with Gasteiger partial charge in [0.2, 0.25) is 0 Å². The molecule has 1 aliphatic heterocycles. The smallest absolute Gasteiger partial charge is 0.169 e. The highest BCUT2D eigenvalue weighted by molar-refractivity contribution is 7.17. The Bertz CT molecular complexity index is 1460. The number of H-pyrrole nitrogens is 2. The van der Waals surface area contributed by atoms with Crippen molar-refractivity contribution in [2.75, 3.05) is 13.1 Å². The molecule has 32 heavy (non-hydrogen) atoms. The Morgan fingerprint density at radius 3 is 2.75 bits per heavy atom. The van der Waals surface area contributed by atoms with E-state index in [1.54, 1.807) is 13.1 Å². The third-order valence-corrected chi connectivity index (χ3v) is 7.40. The summed E-state index contributed by atoms with van der Waals surface area (Å²) in [5.74, 6) is 1.35. The molecule has 7 nitrogen and oxygen atoms in total. The molecule has 0 saturated carbocycles. The number of hydrogen-bond donors (Lipinski definition) is 3. The number of aromatic amines is 2. The van der Waals surface area contributed by atoms with Crippen LogP contribution in [0.15, 0.2) is 42.6 Å². The summed E-state index contributed by atoms with van der Waals surface area (Å²) < 4.78 is 0. The molecule has 5 heterocycles. The lowest BCUT2D eigenvalue weighted by Crippen LogP contribution is -2.26. The Labute approximate surface area is 188 Å². The summed E-state index contributed by atoms with van der Waals surface area (Å²) in [6, 6.07) is 12.3. The number of pyridine rings is 1. The van der Waals surface area contributed by atoms with E-state index < -0.39 is 0 Å². The third-order valence-electron chi connectivity index (χ3n) is 6.21. The van der Waals surface area contributed by atoms with Crippen LogP contribution in [0.2, 0.25) is 0 Å².